The number of amides is 4. The molecule has 4 amide bonds. The summed E-state index contributed by atoms with van der Waals surface area (Å²) in [6.07, 6.45) is 5.53. The number of fused-ring (bicyclic) bond motifs is 8. The van der Waals surface area contributed by atoms with Crippen LogP contribution in [0.15, 0.2) is 91.0 Å². The van der Waals surface area contributed by atoms with Crippen molar-refractivity contribution in [3.63, 3.8) is 0 Å². The summed E-state index contributed by atoms with van der Waals surface area (Å²) in [7, 11) is 6.98. The number of methoxy groups -OCH3 is 1. The molecule has 5 aromatic rings. The van der Waals surface area contributed by atoms with E-state index in [4.69, 9.17) is 14.2 Å². The molecule has 0 saturated carbocycles. The van der Waals surface area contributed by atoms with E-state index >= 15 is 0 Å². The van der Waals surface area contributed by atoms with Gasteiger partial charge in [0.1, 0.15) is 19.0 Å². The molecule has 0 radical (unpaired) electrons. The Bertz CT molecular complexity index is 2820. The van der Waals surface area contributed by atoms with Gasteiger partial charge in [0.2, 0.25) is 11.8 Å². The lowest BCUT2D eigenvalue weighted by Crippen LogP contribution is -2.41. The monoisotopic (exact) mass is 981 g/mol. The minimum Gasteiger partial charge on any atom is -0.493 e. The fraction of sp³-hybridized carbons (Fsp3) is 0.393. The SMILES string of the molecule is CCCNC(=O)CCSSC(C)(C)CCC(=O)Nc1cc(COc2cc3c(cc2C)C(=O)N2c4ccccc4C[C@H]2CN3C)cc(COc2cc3c(cc2OC)C(=O)N2c4ccccc4C[C@H]2CC3)c1. The van der Waals surface area contributed by atoms with Crippen LogP contribution in [-0.2, 0) is 42.1 Å². The van der Waals surface area contributed by atoms with Crippen molar-refractivity contribution in [3.05, 3.63) is 136 Å². The van der Waals surface area contributed by atoms with Gasteiger partial charge in [0.15, 0.2) is 11.5 Å². The predicted octanol–water partition coefficient (Wildman–Crippen LogP) is 10.5. The highest BCUT2D eigenvalue weighted by atomic mass is 33.1. The number of hydrogen-bond donors (Lipinski definition) is 2. The quantitative estimate of drug-likeness (QED) is 0.0647. The van der Waals surface area contributed by atoms with Gasteiger partial charge < -0.3 is 39.5 Å². The average Bonchev–Trinajstić information content (AvgIpc) is 3.85. The number of nitrogens with zero attached hydrogens (tertiary/aromatic N) is 3. The summed E-state index contributed by atoms with van der Waals surface area (Å²) >= 11 is 0. The van der Waals surface area contributed by atoms with Crippen LogP contribution in [0.2, 0.25) is 0 Å². The van der Waals surface area contributed by atoms with E-state index in [9.17, 15) is 19.2 Å². The summed E-state index contributed by atoms with van der Waals surface area (Å²) in [5, 5.41) is 6.08. The number of para-hydroxylation sites is 2. The molecule has 4 heterocycles. The Labute approximate surface area is 419 Å². The second-order valence-corrected chi connectivity index (χ2v) is 22.6. The Morgan fingerprint density at radius 1 is 0.743 bits per heavy atom. The standard InChI is InChI=1S/C56H63N5O7S2/c1-7-21-57-52(62)19-22-69-70-56(3,4)20-18-53(63)58-41-25-36(33-67-49-31-48-45(23-35(49)2)55(65)61-43(32-59(48)5)28-40-13-9-11-15-47(40)61)24-37(26-41)34-68-51-29-38-16-17-42-27-39-12-8-10-14-46(39)60(42)54(64)44(38)30-50(51)66-6/h8-15,23-26,29-31,42-43H,7,16-22,27-28,32-34H2,1-6H3,(H,57,62)(H,58,63)/t42-,43+/m1/s1. The average molecular weight is 982 g/mol. The lowest BCUT2D eigenvalue weighted by molar-refractivity contribution is -0.120. The number of carbonyl (C=O) groups excluding carboxylic acids is 4. The van der Waals surface area contributed by atoms with Gasteiger partial charge in [-0.05, 0) is 141 Å². The van der Waals surface area contributed by atoms with Crippen LogP contribution in [0.1, 0.15) is 107 Å². The van der Waals surface area contributed by atoms with Crippen LogP contribution in [0.3, 0.4) is 0 Å². The third kappa shape index (κ3) is 10.6. The van der Waals surface area contributed by atoms with Crippen molar-refractivity contribution in [1.29, 1.82) is 0 Å². The van der Waals surface area contributed by atoms with Crippen LogP contribution < -0.4 is 39.5 Å². The molecule has 2 atom stereocenters. The molecule has 5 aromatic carbocycles. The van der Waals surface area contributed by atoms with Gasteiger partial charge in [-0.2, -0.15) is 0 Å². The lowest BCUT2D eigenvalue weighted by atomic mass is 9.99. The predicted molar refractivity (Wildman–Crippen MR) is 282 cm³/mol. The maximum absolute atomic E-state index is 14.2. The molecule has 366 valence electrons. The van der Waals surface area contributed by atoms with E-state index in [0.29, 0.717) is 72.2 Å². The molecule has 0 spiro atoms. The smallest absolute Gasteiger partial charge is 0.260 e. The number of anilines is 4. The van der Waals surface area contributed by atoms with Gasteiger partial charge in [0.05, 0.1) is 24.4 Å². The number of likely N-dealkylation sites (N-methyl/N-ethyl adjacent to an activating group) is 1. The minimum atomic E-state index is -0.195. The zero-order valence-corrected chi connectivity index (χ0v) is 42.7. The van der Waals surface area contributed by atoms with Gasteiger partial charge in [-0.3, -0.25) is 19.2 Å². The maximum Gasteiger partial charge on any atom is 0.260 e. The number of aryl methyl sites for hydroxylation is 2. The van der Waals surface area contributed by atoms with Crippen LogP contribution in [0.5, 0.6) is 17.2 Å². The number of ether oxygens (including phenoxy) is 3. The van der Waals surface area contributed by atoms with E-state index < -0.39 is 0 Å². The van der Waals surface area contributed by atoms with Crippen molar-refractivity contribution in [1.82, 2.24) is 5.32 Å². The Hall–Kier alpha value is -6.12. The molecule has 9 rings (SSSR count). The van der Waals surface area contributed by atoms with Gasteiger partial charge in [0, 0.05) is 78.2 Å². The Morgan fingerprint density at radius 2 is 1.40 bits per heavy atom. The van der Waals surface area contributed by atoms with E-state index in [2.05, 4.69) is 41.5 Å². The second kappa shape index (κ2) is 21.1. The van der Waals surface area contributed by atoms with Crippen LogP contribution in [0, 0.1) is 6.92 Å². The van der Waals surface area contributed by atoms with Gasteiger partial charge >= 0.3 is 0 Å². The van der Waals surface area contributed by atoms with E-state index in [-0.39, 0.29) is 53.7 Å². The number of hydrogen-bond acceptors (Lipinski definition) is 10. The zero-order chi connectivity index (χ0) is 49.1. The molecule has 12 nitrogen and oxygen atoms in total. The molecule has 0 saturated heterocycles. The van der Waals surface area contributed by atoms with Crippen LogP contribution in [0.25, 0.3) is 0 Å². The van der Waals surface area contributed by atoms with E-state index in [1.54, 1.807) is 28.7 Å². The molecule has 0 bridgehead atoms. The lowest BCUT2D eigenvalue weighted by Gasteiger charge is -2.25. The summed E-state index contributed by atoms with van der Waals surface area (Å²) in [6.45, 7) is 9.97. The fourth-order valence-electron chi connectivity index (χ4n) is 10.1. The minimum absolute atomic E-state index is 0.00608. The first-order chi connectivity index (χ1) is 33.8. The fourth-order valence-corrected chi connectivity index (χ4v) is 12.7. The molecule has 4 aliphatic heterocycles. The van der Waals surface area contributed by atoms with E-state index in [0.717, 1.165) is 71.4 Å². The van der Waals surface area contributed by atoms with Crippen LogP contribution >= 0.6 is 21.6 Å². The molecule has 70 heavy (non-hydrogen) atoms. The number of benzene rings is 5. The van der Waals surface area contributed by atoms with E-state index in [1.165, 1.54) is 11.1 Å². The first-order valence-electron chi connectivity index (χ1n) is 24.4. The van der Waals surface area contributed by atoms with Crippen LogP contribution in [0.4, 0.5) is 22.7 Å². The summed E-state index contributed by atoms with van der Waals surface area (Å²) in [5.41, 5.74) is 10.5. The van der Waals surface area contributed by atoms with Crippen molar-refractivity contribution in [2.24, 2.45) is 0 Å². The highest BCUT2D eigenvalue weighted by Gasteiger charge is 2.40. The molecule has 0 unspecified atom stereocenters. The second-order valence-electron chi connectivity index (χ2n) is 19.5. The third-order valence-electron chi connectivity index (χ3n) is 13.7. The molecule has 0 aliphatic carbocycles. The van der Waals surface area contributed by atoms with Gasteiger partial charge in [0.25, 0.3) is 11.8 Å². The number of carbonyl (C=O) groups is 4. The van der Waals surface area contributed by atoms with Crippen molar-refractivity contribution in [3.8, 4) is 17.2 Å². The molecule has 2 N–H and O–H groups in total. The Kier molecular flexibility index (Phi) is 14.7. The summed E-state index contributed by atoms with van der Waals surface area (Å²) in [4.78, 5) is 60.2. The largest absolute Gasteiger partial charge is 0.493 e. The molecule has 0 aromatic heterocycles. The maximum atomic E-state index is 14.2. The first-order valence-corrected chi connectivity index (χ1v) is 26.8. The van der Waals surface area contributed by atoms with Crippen molar-refractivity contribution in [2.45, 2.75) is 109 Å². The van der Waals surface area contributed by atoms with Crippen molar-refractivity contribution < 1.29 is 33.4 Å². The molecular weight excluding hydrogens is 919 g/mol. The Balaban J connectivity index is 0.926. The van der Waals surface area contributed by atoms with Gasteiger partial charge in [-0.1, -0.05) is 64.9 Å². The Morgan fingerprint density at radius 3 is 2.10 bits per heavy atom. The third-order valence-corrected chi connectivity index (χ3v) is 17.1. The molecule has 4 aliphatic rings. The topological polar surface area (TPSA) is 130 Å². The van der Waals surface area contributed by atoms with Gasteiger partial charge in [-0.15, -0.1) is 0 Å². The van der Waals surface area contributed by atoms with Crippen molar-refractivity contribution >= 4 is 68.0 Å². The van der Waals surface area contributed by atoms with Gasteiger partial charge in [-0.25, -0.2) is 0 Å². The molecular formula is C56H63N5O7S2. The van der Waals surface area contributed by atoms with Crippen molar-refractivity contribution in [2.75, 3.05) is 53.0 Å². The first kappa shape index (κ1) is 48.9. The highest BCUT2D eigenvalue weighted by molar-refractivity contribution is 8.77. The van der Waals surface area contributed by atoms with Crippen LogP contribution in [-0.4, -0.2) is 73.5 Å². The summed E-state index contributed by atoms with van der Waals surface area (Å²) < 4.78 is 18.8. The number of nitrogens with one attached hydrogen (secondary N) is 2. The zero-order valence-electron chi connectivity index (χ0n) is 41.0. The molecule has 0 fully saturated rings. The molecule has 14 heteroatoms. The summed E-state index contributed by atoms with van der Waals surface area (Å²) in [6, 6.07) is 30.0. The normalized spacial score (nSPS) is 16.8. The highest BCUT2D eigenvalue weighted by Crippen LogP contribution is 2.43. The van der Waals surface area contributed by atoms with E-state index in [1.807, 2.05) is 110 Å². The number of rotatable bonds is 18. The summed E-state index contributed by atoms with van der Waals surface area (Å²) in [5.74, 6) is 2.29.